The zero-order valence-corrected chi connectivity index (χ0v) is 19.9. The predicted octanol–water partition coefficient (Wildman–Crippen LogP) is 7.20. The van der Waals surface area contributed by atoms with Gasteiger partial charge in [0.05, 0.1) is 12.5 Å². The molecule has 0 spiro atoms. The fourth-order valence-corrected chi connectivity index (χ4v) is 4.02. The Kier molecular flexibility index (Phi) is 9.01. The van der Waals surface area contributed by atoms with Crippen LogP contribution in [0.4, 0.5) is 0 Å². The van der Waals surface area contributed by atoms with Gasteiger partial charge in [-0.05, 0) is 56.9 Å². The van der Waals surface area contributed by atoms with Crippen LogP contribution in [0.15, 0.2) is 48.5 Å². The summed E-state index contributed by atoms with van der Waals surface area (Å²) in [4.78, 5) is 12.3. The van der Waals surface area contributed by atoms with E-state index >= 15 is 0 Å². The van der Waals surface area contributed by atoms with E-state index in [9.17, 15) is 4.79 Å². The highest BCUT2D eigenvalue weighted by molar-refractivity contribution is 5.74. The van der Waals surface area contributed by atoms with Gasteiger partial charge in [0.15, 0.2) is 0 Å². The lowest BCUT2D eigenvalue weighted by Crippen LogP contribution is -2.39. The van der Waals surface area contributed by atoms with Gasteiger partial charge in [0.1, 0.15) is 23.7 Å². The number of unbranched alkanes of at least 4 members (excludes halogenated alkanes) is 5. The van der Waals surface area contributed by atoms with Crippen molar-refractivity contribution >= 4 is 5.97 Å². The molecule has 174 valence electrons. The number of esters is 1. The van der Waals surface area contributed by atoms with Crippen molar-refractivity contribution in [2.75, 3.05) is 13.2 Å². The molecule has 3 rings (SSSR count). The van der Waals surface area contributed by atoms with Crippen LogP contribution in [0, 0.1) is 5.92 Å². The first-order chi connectivity index (χ1) is 15.5. The highest BCUT2D eigenvalue weighted by atomic mass is 16.6. The molecule has 1 atom stereocenters. The molecule has 0 radical (unpaired) electrons. The van der Waals surface area contributed by atoms with E-state index in [2.05, 4.69) is 19.1 Å². The van der Waals surface area contributed by atoms with E-state index in [4.69, 9.17) is 14.2 Å². The van der Waals surface area contributed by atoms with Gasteiger partial charge < -0.3 is 14.2 Å². The van der Waals surface area contributed by atoms with Crippen molar-refractivity contribution in [3.8, 4) is 22.6 Å². The van der Waals surface area contributed by atoms with Crippen molar-refractivity contribution in [1.29, 1.82) is 0 Å². The number of rotatable bonds is 12. The standard InChI is InChI=1S/C28H38O4/c1-4-5-6-7-8-11-20-30-24-16-14-22(15-17-24)25-12-9-10-13-26(25)31-21-23-18-19-28(2,3)32-27(23)29/h9-10,12-17,23H,4-8,11,18-21H2,1-3H3/t23-/m1/s1. The molecule has 1 fully saturated rings. The largest absolute Gasteiger partial charge is 0.494 e. The van der Waals surface area contributed by atoms with E-state index in [1.54, 1.807) is 0 Å². The summed E-state index contributed by atoms with van der Waals surface area (Å²) in [5.41, 5.74) is 1.71. The Morgan fingerprint density at radius 1 is 0.938 bits per heavy atom. The minimum absolute atomic E-state index is 0.161. The zero-order valence-electron chi connectivity index (χ0n) is 19.9. The molecule has 1 aliphatic rings. The average Bonchev–Trinajstić information content (AvgIpc) is 2.78. The quantitative estimate of drug-likeness (QED) is 0.259. The molecule has 4 heteroatoms. The lowest BCUT2D eigenvalue weighted by atomic mass is 9.91. The van der Waals surface area contributed by atoms with Gasteiger partial charge in [0, 0.05) is 5.56 Å². The summed E-state index contributed by atoms with van der Waals surface area (Å²) in [5.74, 6) is 1.30. The summed E-state index contributed by atoms with van der Waals surface area (Å²) >= 11 is 0. The minimum atomic E-state index is -0.371. The highest BCUT2D eigenvalue weighted by Crippen LogP contribution is 2.33. The van der Waals surface area contributed by atoms with Crippen LogP contribution < -0.4 is 9.47 Å². The Balaban J connectivity index is 1.52. The Labute approximate surface area is 193 Å². The monoisotopic (exact) mass is 438 g/mol. The second-order valence-electron chi connectivity index (χ2n) is 9.36. The van der Waals surface area contributed by atoms with E-state index in [-0.39, 0.29) is 17.5 Å². The van der Waals surface area contributed by atoms with Gasteiger partial charge in [0.25, 0.3) is 0 Å². The first-order valence-electron chi connectivity index (χ1n) is 12.2. The van der Waals surface area contributed by atoms with Crippen LogP contribution in [0.1, 0.15) is 72.1 Å². The van der Waals surface area contributed by atoms with E-state index in [1.807, 2.05) is 50.2 Å². The topological polar surface area (TPSA) is 44.8 Å². The number of ether oxygens (including phenoxy) is 3. The maximum atomic E-state index is 12.3. The van der Waals surface area contributed by atoms with Crippen LogP contribution in [0.2, 0.25) is 0 Å². The molecule has 0 bridgehead atoms. The number of cyclic esters (lactones) is 1. The molecular weight excluding hydrogens is 400 g/mol. The summed E-state index contributed by atoms with van der Waals surface area (Å²) in [7, 11) is 0. The summed E-state index contributed by atoms with van der Waals surface area (Å²) < 4.78 is 17.5. The summed E-state index contributed by atoms with van der Waals surface area (Å²) in [6.07, 6.45) is 9.21. The van der Waals surface area contributed by atoms with Crippen LogP contribution >= 0.6 is 0 Å². The van der Waals surface area contributed by atoms with E-state index in [0.717, 1.165) is 48.5 Å². The number of hydrogen-bond acceptors (Lipinski definition) is 4. The molecule has 0 unspecified atom stereocenters. The van der Waals surface area contributed by atoms with Gasteiger partial charge in [-0.1, -0.05) is 69.4 Å². The summed E-state index contributed by atoms with van der Waals surface area (Å²) in [6.45, 7) is 7.26. The minimum Gasteiger partial charge on any atom is -0.494 e. The zero-order chi connectivity index (χ0) is 22.8. The predicted molar refractivity (Wildman–Crippen MR) is 129 cm³/mol. The second kappa shape index (κ2) is 11.9. The van der Waals surface area contributed by atoms with Crippen LogP contribution in [0.25, 0.3) is 11.1 Å². The normalized spacial score (nSPS) is 17.6. The Hall–Kier alpha value is -2.49. The smallest absolute Gasteiger partial charge is 0.312 e. The van der Waals surface area contributed by atoms with Gasteiger partial charge in [-0.2, -0.15) is 0 Å². The fourth-order valence-electron chi connectivity index (χ4n) is 4.02. The third-order valence-electron chi connectivity index (χ3n) is 6.06. The lowest BCUT2D eigenvalue weighted by Gasteiger charge is -2.33. The average molecular weight is 439 g/mol. The van der Waals surface area contributed by atoms with Gasteiger partial charge in [-0.15, -0.1) is 0 Å². The van der Waals surface area contributed by atoms with Crippen molar-refractivity contribution in [2.45, 2.75) is 77.7 Å². The van der Waals surface area contributed by atoms with Gasteiger partial charge in [-0.25, -0.2) is 0 Å². The van der Waals surface area contributed by atoms with Crippen LogP contribution in [0.3, 0.4) is 0 Å². The SMILES string of the molecule is CCCCCCCCOc1ccc(-c2ccccc2OC[C@H]2CCC(C)(C)OC2=O)cc1. The molecule has 0 amide bonds. The number of carbonyl (C=O) groups is 1. The number of carbonyl (C=O) groups excluding carboxylic acids is 1. The summed E-state index contributed by atoms with van der Waals surface area (Å²) in [6, 6.07) is 16.1. The van der Waals surface area contributed by atoms with E-state index in [1.165, 1.54) is 32.1 Å². The molecular formula is C28H38O4. The highest BCUT2D eigenvalue weighted by Gasteiger charge is 2.35. The number of hydrogen-bond donors (Lipinski definition) is 0. The molecule has 2 aromatic rings. The first kappa shape index (κ1) is 24.2. The molecule has 1 heterocycles. The van der Waals surface area contributed by atoms with Crippen molar-refractivity contribution < 1.29 is 19.0 Å². The lowest BCUT2D eigenvalue weighted by molar-refractivity contribution is -0.171. The van der Waals surface area contributed by atoms with Crippen LogP contribution in [-0.4, -0.2) is 24.8 Å². The van der Waals surface area contributed by atoms with Crippen LogP contribution in [-0.2, 0) is 9.53 Å². The van der Waals surface area contributed by atoms with E-state index in [0.29, 0.717) is 6.61 Å². The molecule has 2 aromatic carbocycles. The third kappa shape index (κ3) is 7.29. The van der Waals surface area contributed by atoms with Crippen molar-refractivity contribution in [2.24, 2.45) is 5.92 Å². The van der Waals surface area contributed by atoms with Crippen molar-refractivity contribution in [3.05, 3.63) is 48.5 Å². The second-order valence-corrected chi connectivity index (χ2v) is 9.36. The Bertz CT molecular complexity index is 841. The molecule has 0 aliphatic carbocycles. The first-order valence-corrected chi connectivity index (χ1v) is 12.2. The molecule has 0 N–H and O–H groups in total. The molecule has 4 nitrogen and oxygen atoms in total. The Morgan fingerprint density at radius 2 is 1.66 bits per heavy atom. The number of para-hydroxylation sites is 1. The molecule has 1 saturated heterocycles. The summed E-state index contributed by atoms with van der Waals surface area (Å²) in [5, 5.41) is 0. The van der Waals surface area contributed by atoms with Gasteiger partial charge >= 0.3 is 5.97 Å². The Morgan fingerprint density at radius 3 is 2.41 bits per heavy atom. The molecule has 0 saturated carbocycles. The molecule has 0 aromatic heterocycles. The van der Waals surface area contributed by atoms with Crippen LogP contribution in [0.5, 0.6) is 11.5 Å². The fraction of sp³-hybridized carbons (Fsp3) is 0.536. The maximum Gasteiger partial charge on any atom is 0.312 e. The maximum absolute atomic E-state index is 12.3. The number of benzene rings is 2. The van der Waals surface area contributed by atoms with Crippen molar-refractivity contribution in [1.82, 2.24) is 0 Å². The van der Waals surface area contributed by atoms with Crippen molar-refractivity contribution in [3.63, 3.8) is 0 Å². The van der Waals surface area contributed by atoms with E-state index < -0.39 is 0 Å². The van der Waals surface area contributed by atoms with Gasteiger partial charge in [0.2, 0.25) is 0 Å². The van der Waals surface area contributed by atoms with Gasteiger partial charge in [-0.3, -0.25) is 4.79 Å². The molecule has 32 heavy (non-hydrogen) atoms. The third-order valence-corrected chi connectivity index (χ3v) is 6.06. The molecule has 1 aliphatic heterocycles.